The van der Waals surface area contributed by atoms with E-state index in [1.165, 1.54) is 6.07 Å². The van der Waals surface area contributed by atoms with E-state index in [-0.39, 0.29) is 11.5 Å². The van der Waals surface area contributed by atoms with E-state index >= 15 is 0 Å². The molecule has 4 heteroatoms. The Kier molecular flexibility index (Phi) is 2.71. The Morgan fingerprint density at radius 2 is 1.95 bits per heavy atom. The van der Waals surface area contributed by atoms with E-state index in [1.54, 1.807) is 6.07 Å². The fraction of sp³-hybridized carbons (Fsp3) is 0.133. The number of nitrogens with two attached hydrogens (primary N) is 1. The third-order valence-corrected chi connectivity index (χ3v) is 3.37. The third-order valence-electron chi connectivity index (χ3n) is 3.37. The molecule has 0 amide bonds. The van der Waals surface area contributed by atoms with E-state index in [0.717, 1.165) is 22.4 Å². The van der Waals surface area contributed by atoms with E-state index in [9.17, 15) is 4.39 Å². The summed E-state index contributed by atoms with van der Waals surface area (Å²) in [7, 11) is 1.96. The van der Waals surface area contributed by atoms with Crippen LogP contribution >= 0.6 is 0 Å². The summed E-state index contributed by atoms with van der Waals surface area (Å²) < 4.78 is 15.4. The highest BCUT2D eigenvalue weighted by Crippen LogP contribution is 2.21. The first-order chi connectivity index (χ1) is 9.16. The number of nitrogens with zero attached hydrogens (tertiary/aromatic N) is 2. The number of hydrogen-bond donors (Lipinski definition) is 1. The van der Waals surface area contributed by atoms with Crippen LogP contribution in [0.25, 0.3) is 11.0 Å². The molecule has 3 aromatic rings. The molecule has 0 saturated heterocycles. The number of halogens is 1. The molecule has 0 saturated carbocycles. The molecular weight excluding hydrogens is 241 g/mol. The summed E-state index contributed by atoms with van der Waals surface area (Å²) in [5, 5.41) is 0. The van der Waals surface area contributed by atoms with Crippen LogP contribution in [0, 0.1) is 5.82 Å². The van der Waals surface area contributed by atoms with Gasteiger partial charge in [-0.2, -0.15) is 0 Å². The first-order valence-electron chi connectivity index (χ1n) is 6.10. The van der Waals surface area contributed by atoms with Gasteiger partial charge in [0.2, 0.25) is 0 Å². The summed E-state index contributed by atoms with van der Waals surface area (Å²) in [5.74, 6) is 0.495. The number of para-hydroxylation sites is 3. The summed E-state index contributed by atoms with van der Waals surface area (Å²) >= 11 is 0. The lowest BCUT2D eigenvalue weighted by Gasteiger charge is -2.06. The average Bonchev–Trinajstić information content (AvgIpc) is 2.73. The van der Waals surface area contributed by atoms with Crippen molar-refractivity contribution in [2.45, 2.75) is 6.42 Å². The predicted octanol–water partition coefficient (Wildman–Crippen LogP) is 2.89. The SMILES string of the molecule is Cn1c(Cc2cccc(F)c2N)nc2ccccc21. The van der Waals surface area contributed by atoms with Crippen molar-refractivity contribution >= 4 is 16.7 Å². The van der Waals surface area contributed by atoms with Gasteiger partial charge in [0, 0.05) is 13.5 Å². The van der Waals surface area contributed by atoms with Crippen LogP contribution in [0.1, 0.15) is 11.4 Å². The van der Waals surface area contributed by atoms with Gasteiger partial charge in [0.25, 0.3) is 0 Å². The van der Waals surface area contributed by atoms with Gasteiger partial charge in [0.1, 0.15) is 11.6 Å². The first kappa shape index (κ1) is 11.7. The molecular formula is C15H14FN3. The van der Waals surface area contributed by atoms with Crippen LogP contribution in [0.15, 0.2) is 42.5 Å². The Labute approximate surface area is 110 Å². The molecule has 0 aliphatic rings. The summed E-state index contributed by atoms with van der Waals surface area (Å²) in [6, 6.07) is 12.8. The van der Waals surface area contributed by atoms with E-state index in [2.05, 4.69) is 4.98 Å². The topological polar surface area (TPSA) is 43.8 Å². The monoisotopic (exact) mass is 255 g/mol. The van der Waals surface area contributed by atoms with Gasteiger partial charge in [0.05, 0.1) is 16.7 Å². The van der Waals surface area contributed by atoms with Crippen molar-refractivity contribution in [3.8, 4) is 0 Å². The largest absolute Gasteiger partial charge is 0.396 e. The van der Waals surface area contributed by atoms with Crippen molar-refractivity contribution in [3.05, 3.63) is 59.7 Å². The minimum atomic E-state index is -0.378. The van der Waals surface area contributed by atoms with Crippen LogP contribution in [-0.4, -0.2) is 9.55 Å². The van der Waals surface area contributed by atoms with Crippen LogP contribution in [0.4, 0.5) is 10.1 Å². The van der Waals surface area contributed by atoms with Crippen LogP contribution in [0.2, 0.25) is 0 Å². The Morgan fingerprint density at radius 3 is 2.74 bits per heavy atom. The zero-order valence-corrected chi connectivity index (χ0v) is 10.6. The molecule has 0 radical (unpaired) electrons. The molecule has 0 bridgehead atoms. The molecule has 3 rings (SSSR count). The fourth-order valence-electron chi connectivity index (χ4n) is 2.26. The van der Waals surface area contributed by atoms with Crippen LogP contribution in [-0.2, 0) is 13.5 Å². The minimum absolute atomic E-state index is 0.203. The van der Waals surface area contributed by atoms with Crippen LogP contribution in [0.3, 0.4) is 0 Å². The molecule has 3 nitrogen and oxygen atoms in total. The minimum Gasteiger partial charge on any atom is -0.396 e. The number of benzene rings is 2. The standard InChI is InChI=1S/C15H14FN3/c1-19-13-8-3-2-7-12(13)18-14(19)9-10-5-4-6-11(16)15(10)17/h2-8H,9,17H2,1H3. The van der Waals surface area contributed by atoms with E-state index in [0.29, 0.717) is 6.42 Å². The van der Waals surface area contributed by atoms with Gasteiger partial charge in [-0.25, -0.2) is 9.37 Å². The average molecular weight is 255 g/mol. The zero-order chi connectivity index (χ0) is 13.4. The van der Waals surface area contributed by atoms with E-state index in [1.807, 2.05) is 41.9 Å². The number of aromatic nitrogens is 2. The van der Waals surface area contributed by atoms with Crippen LogP contribution < -0.4 is 5.73 Å². The Balaban J connectivity index is 2.06. The molecule has 96 valence electrons. The highest BCUT2D eigenvalue weighted by atomic mass is 19.1. The normalized spacial score (nSPS) is 11.1. The summed E-state index contributed by atoms with van der Waals surface area (Å²) in [4.78, 5) is 4.56. The Hall–Kier alpha value is -2.36. The van der Waals surface area contributed by atoms with Gasteiger partial charge in [-0.05, 0) is 23.8 Å². The maximum absolute atomic E-state index is 13.4. The molecule has 0 aliphatic heterocycles. The maximum Gasteiger partial charge on any atom is 0.146 e. The lowest BCUT2D eigenvalue weighted by atomic mass is 10.1. The molecule has 1 heterocycles. The van der Waals surface area contributed by atoms with Gasteiger partial charge in [-0.3, -0.25) is 0 Å². The maximum atomic E-state index is 13.4. The molecule has 0 atom stereocenters. The predicted molar refractivity (Wildman–Crippen MR) is 74.3 cm³/mol. The highest BCUT2D eigenvalue weighted by molar-refractivity contribution is 5.75. The lowest BCUT2D eigenvalue weighted by Crippen LogP contribution is -2.03. The van der Waals surface area contributed by atoms with Gasteiger partial charge >= 0.3 is 0 Å². The number of imidazole rings is 1. The zero-order valence-electron chi connectivity index (χ0n) is 10.6. The molecule has 1 aromatic heterocycles. The van der Waals surface area contributed by atoms with Crippen molar-refractivity contribution in [2.24, 2.45) is 7.05 Å². The molecule has 0 unspecified atom stereocenters. The van der Waals surface area contributed by atoms with Crippen molar-refractivity contribution in [1.82, 2.24) is 9.55 Å². The second-order valence-electron chi connectivity index (χ2n) is 4.57. The van der Waals surface area contributed by atoms with Gasteiger partial charge in [-0.1, -0.05) is 24.3 Å². The van der Waals surface area contributed by atoms with Gasteiger partial charge < -0.3 is 10.3 Å². The second-order valence-corrected chi connectivity index (χ2v) is 4.57. The number of anilines is 1. The van der Waals surface area contributed by atoms with E-state index in [4.69, 9.17) is 5.73 Å². The highest BCUT2D eigenvalue weighted by Gasteiger charge is 2.11. The quantitative estimate of drug-likeness (QED) is 0.715. The van der Waals surface area contributed by atoms with Crippen LogP contribution in [0.5, 0.6) is 0 Å². The Morgan fingerprint density at radius 1 is 1.16 bits per heavy atom. The molecule has 0 spiro atoms. The van der Waals surface area contributed by atoms with Crippen molar-refractivity contribution in [3.63, 3.8) is 0 Å². The number of aryl methyl sites for hydroxylation is 1. The smallest absolute Gasteiger partial charge is 0.146 e. The molecule has 2 aromatic carbocycles. The second kappa shape index (κ2) is 4.39. The number of hydrogen-bond acceptors (Lipinski definition) is 2. The summed E-state index contributed by atoms with van der Waals surface area (Å²) in [6.45, 7) is 0. The number of fused-ring (bicyclic) bond motifs is 1. The van der Waals surface area contributed by atoms with Crippen molar-refractivity contribution in [2.75, 3.05) is 5.73 Å². The lowest BCUT2D eigenvalue weighted by molar-refractivity contribution is 0.630. The van der Waals surface area contributed by atoms with Crippen molar-refractivity contribution in [1.29, 1.82) is 0 Å². The molecule has 0 aliphatic carbocycles. The number of nitrogen functional groups attached to an aromatic ring is 1. The van der Waals surface area contributed by atoms with Gasteiger partial charge in [-0.15, -0.1) is 0 Å². The molecule has 2 N–H and O–H groups in total. The number of rotatable bonds is 2. The summed E-state index contributed by atoms with van der Waals surface area (Å²) in [5.41, 5.74) is 8.73. The summed E-state index contributed by atoms with van der Waals surface area (Å²) in [6.07, 6.45) is 0.523. The Bertz CT molecular complexity index is 746. The van der Waals surface area contributed by atoms with Gasteiger partial charge in [0.15, 0.2) is 0 Å². The molecule has 19 heavy (non-hydrogen) atoms. The molecule has 0 fully saturated rings. The van der Waals surface area contributed by atoms with E-state index < -0.39 is 0 Å². The van der Waals surface area contributed by atoms with Crippen molar-refractivity contribution < 1.29 is 4.39 Å². The fourth-order valence-corrected chi connectivity index (χ4v) is 2.26. The third kappa shape index (κ3) is 1.95. The first-order valence-corrected chi connectivity index (χ1v) is 6.10.